The van der Waals surface area contributed by atoms with Crippen molar-refractivity contribution in [2.45, 2.75) is 96.1 Å². The Bertz CT molecular complexity index is 1650. The Balaban J connectivity index is 1.79. The van der Waals surface area contributed by atoms with Gasteiger partial charge in [0.2, 0.25) is 0 Å². The summed E-state index contributed by atoms with van der Waals surface area (Å²) in [5.74, 6) is -9.62. The van der Waals surface area contributed by atoms with Crippen molar-refractivity contribution in [2.24, 2.45) is 22.7 Å². The average molecular weight is 715 g/mol. The van der Waals surface area contributed by atoms with Gasteiger partial charge in [0.15, 0.2) is 35.5 Å². The molecule has 4 fully saturated rings. The van der Waals surface area contributed by atoms with E-state index in [0.29, 0.717) is 5.56 Å². The van der Waals surface area contributed by atoms with Gasteiger partial charge in [-0.3, -0.25) is 28.8 Å². The third-order valence-corrected chi connectivity index (χ3v) is 11.1. The summed E-state index contributed by atoms with van der Waals surface area (Å²) in [5, 5.41) is 24.5. The topological polar surface area (TPSA) is 215 Å². The molecule has 0 aromatic heterocycles. The van der Waals surface area contributed by atoms with E-state index in [2.05, 4.69) is 0 Å². The fraction of sp³-hybridized carbons (Fsp3) is 0.583. The molecule has 51 heavy (non-hydrogen) atoms. The summed E-state index contributed by atoms with van der Waals surface area (Å²) in [6, 6.07) is 8.72. The average Bonchev–Trinajstić information content (AvgIpc) is 3.19. The number of carbonyl (C=O) groups is 7. The van der Waals surface area contributed by atoms with Crippen LogP contribution in [0.3, 0.4) is 0 Å². The van der Waals surface area contributed by atoms with E-state index in [0.717, 1.165) is 33.8 Å². The first kappa shape index (κ1) is 37.8. The molecule has 1 saturated heterocycles. The van der Waals surface area contributed by atoms with E-state index in [1.165, 1.54) is 19.9 Å². The Hall–Kier alpha value is -4.47. The van der Waals surface area contributed by atoms with Gasteiger partial charge in [-0.2, -0.15) is 0 Å². The van der Waals surface area contributed by atoms with Crippen LogP contribution in [-0.2, 0) is 62.0 Å². The van der Waals surface area contributed by atoms with Gasteiger partial charge in [-0.1, -0.05) is 37.3 Å². The zero-order valence-electron chi connectivity index (χ0n) is 29.1. The Morgan fingerprint density at radius 3 is 2.02 bits per heavy atom. The number of carbonyl (C=O) groups excluding carboxylic acids is 7. The molecule has 2 N–H and O–H groups in total. The predicted molar refractivity (Wildman–Crippen MR) is 171 cm³/mol. The van der Waals surface area contributed by atoms with Crippen molar-refractivity contribution in [2.75, 3.05) is 13.2 Å². The standard InChI is InChI=1S/C36H42O15/c1-18(38)47-26-15-24(51-27(43)13-12-22-10-8-7-9-11-22)29(44)28-30(48-19(2)39)23-14-25(42)34(6)36(45,33(23,5)17-46-34)32(50-21(4)41)31(49-20(3)40)35(26,28)16-37/h7-13,23-24,26,28,30-32,37,45H,14-17H2,1-6H3. The zero-order chi connectivity index (χ0) is 37.7. The van der Waals surface area contributed by atoms with Gasteiger partial charge in [0.1, 0.15) is 17.8 Å². The molecule has 4 bridgehead atoms. The minimum absolute atomic E-state index is 0.373. The second kappa shape index (κ2) is 13.6. The van der Waals surface area contributed by atoms with Crippen molar-refractivity contribution >= 4 is 47.5 Å². The maximum absolute atomic E-state index is 14.9. The van der Waals surface area contributed by atoms with Crippen LogP contribution in [0.5, 0.6) is 0 Å². The molecule has 11 atom stereocenters. The number of aliphatic hydroxyl groups excluding tert-OH is 1. The normalized spacial score (nSPS) is 38.5. The fourth-order valence-corrected chi connectivity index (χ4v) is 8.87. The first-order chi connectivity index (χ1) is 23.9. The van der Waals surface area contributed by atoms with Gasteiger partial charge in [0.05, 0.1) is 24.5 Å². The third kappa shape index (κ3) is 5.94. The van der Waals surface area contributed by atoms with E-state index in [4.69, 9.17) is 28.4 Å². The highest BCUT2D eigenvalue weighted by Crippen LogP contribution is 2.66. The van der Waals surface area contributed by atoms with Gasteiger partial charge < -0.3 is 38.6 Å². The molecule has 15 heteroatoms. The molecule has 5 rings (SSSR count). The van der Waals surface area contributed by atoms with Crippen molar-refractivity contribution in [3.05, 3.63) is 42.0 Å². The van der Waals surface area contributed by atoms with Crippen LogP contribution in [0, 0.1) is 22.7 Å². The van der Waals surface area contributed by atoms with E-state index in [-0.39, 0.29) is 6.61 Å². The number of hydrogen-bond acceptors (Lipinski definition) is 15. The number of rotatable bonds is 8. The van der Waals surface area contributed by atoms with Crippen LogP contribution in [0.2, 0.25) is 0 Å². The second-order valence-corrected chi connectivity index (χ2v) is 14.0. The molecule has 1 aromatic carbocycles. The second-order valence-electron chi connectivity index (χ2n) is 14.0. The van der Waals surface area contributed by atoms with Crippen LogP contribution in [0.25, 0.3) is 6.08 Å². The molecular weight excluding hydrogens is 672 g/mol. The summed E-state index contributed by atoms with van der Waals surface area (Å²) < 4.78 is 34.9. The van der Waals surface area contributed by atoms with Crippen LogP contribution in [-0.4, -0.2) is 107 Å². The van der Waals surface area contributed by atoms with Gasteiger partial charge >= 0.3 is 29.8 Å². The third-order valence-electron chi connectivity index (χ3n) is 11.1. The van der Waals surface area contributed by atoms with Crippen molar-refractivity contribution in [3.63, 3.8) is 0 Å². The molecule has 1 aromatic rings. The number of hydrogen-bond donors (Lipinski definition) is 2. The lowest BCUT2D eigenvalue weighted by Gasteiger charge is -2.64. The lowest BCUT2D eigenvalue weighted by atomic mass is 9.44. The van der Waals surface area contributed by atoms with Crippen molar-refractivity contribution in [3.8, 4) is 0 Å². The number of ketones is 2. The number of aliphatic hydroxyl groups is 2. The van der Waals surface area contributed by atoms with E-state index < -0.39 is 125 Å². The van der Waals surface area contributed by atoms with Crippen LogP contribution in [0.1, 0.15) is 59.9 Å². The number of benzene rings is 1. The van der Waals surface area contributed by atoms with Crippen LogP contribution >= 0.6 is 0 Å². The van der Waals surface area contributed by atoms with E-state index in [9.17, 15) is 43.8 Å². The highest BCUT2D eigenvalue weighted by molar-refractivity contribution is 5.95. The Labute approximate surface area is 293 Å². The highest BCUT2D eigenvalue weighted by atomic mass is 16.6. The first-order valence-electron chi connectivity index (χ1n) is 16.5. The lowest BCUT2D eigenvalue weighted by molar-refractivity contribution is -0.302. The molecule has 15 nitrogen and oxygen atoms in total. The van der Waals surface area contributed by atoms with Gasteiger partial charge in [-0.25, -0.2) is 4.79 Å². The van der Waals surface area contributed by atoms with Crippen LogP contribution in [0.4, 0.5) is 0 Å². The molecule has 4 aliphatic rings. The van der Waals surface area contributed by atoms with Crippen LogP contribution in [0.15, 0.2) is 36.4 Å². The van der Waals surface area contributed by atoms with Gasteiger partial charge in [0.25, 0.3) is 0 Å². The Kier molecular flexibility index (Phi) is 10.1. The first-order valence-corrected chi connectivity index (χ1v) is 16.5. The number of fused-ring (bicyclic) bond motifs is 1. The largest absolute Gasteiger partial charge is 0.462 e. The van der Waals surface area contributed by atoms with Gasteiger partial charge in [-0.05, 0) is 18.6 Å². The van der Waals surface area contributed by atoms with E-state index in [1.54, 1.807) is 30.3 Å². The molecule has 11 unspecified atom stereocenters. The summed E-state index contributed by atoms with van der Waals surface area (Å²) in [4.78, 5) is 93.5. The number of ether oxygens (including phenoxy) is 6. The maximum atomic E-state index is 14.9. The number of Topliss-reactive ketones (excluding diaryl/α,β-unsaturated/α-hetero) is 2. The van der Waals surface area contributed by atoms with E-state index >= 15 is 0 Å². The minimum Gasteiger partial charge on any atom is -0.462 e. The quantitative estimate of drug-likeness (QED) is 0.219. The summed E-state index contributed by atoms with van der Waals surface area (Å²) in [7, 11) is 0. The monoisotopic (exact) mass is 714 g/mol. The fourth-order valence-electron chi connectivity index (χ4n) is 8.87. The summed E-state index contributed by atoms with van der Waals surface area (Å²) in [6.07, 6.45) is -7.64. The molecule has 1 aliphatic heterocycles. The molecule has 0 radical (unpaired) electrons. The minimum atomic E-state index is -2.55. The summed E-state index contributed by atoms with van der Waals surface area (Å²) in [5.41, 5.74) is -8.00. The summed E-state index contributed by atoms with van der Waals surface area (Å²) >= 11 is 0. The van der Waals surface area contributed by atoms with Crippen molar-refractivity contribution < 1.29 is 72.2 Å². The highest BCUT2D eigenvalue weighted by Gasteiger charge is 2.83. The molecule has 276 valence electrons. The van der Waals surface area contributed by atoms with Gasteiger partial charge in [0, 0.05) is 57.9 Å². The smallest absolute Gasteiger partial charge is 0.331 e. The Morgan fingerprint density at radius 2 is 1.45 bits per heavy atom. The summed E-state index contributed by atoms with van der Waals surface area (Å²) in [6.45, 7) is 5.34. The maximum Gasteiger partial charge on any atom is 0.331 e. The number of esters is 5. The molecule has 1 heterocycles. The van der Waals surface area contributed by atoms with Crippen LogP contribution < -0.4 is 0 Å². The van der Waals surface area contributed by atoms with Gasteiger partial charge in [-0.15, -0.1) is 0 Å². The van der Waals surface area contributed by atoms with Crippen molar-refractivity contribution in [1.29, 1.82) is 0 Å². The molecular formula is C36H42O15. The van der Waals surface area contributed by atoms with Crippen molar-refractivity contribution in [1.82, 2.24) is 0 Å². The van der Waals surface area contributed by atoms with E-state index in [1.807, 2.05) is 0 Å². The zero-order valence-corrected chi connectivity index (χ0v) is 29.1. The molecule has 0 spiro atoms. The molecule has 3 saturated carbocycles. The lowest BCUT2D eigenvalue weighted by Crippen LogP contribution is -2.81. The molecule has 3 aliphatic carbocycles. The molecule has 0 amide bonds. The Morgan fingerprint density at radius 1 is 0.863 bits per heavy atom. The predicted octanol–water partition coefficient (Wildman–Crippen LogP) is 1.04. The SMILES string of the molecule is CC(=O)OC1C2C(=O)C(OC(=O)C=Cc3ccccc3)CC(OC(C)=O)C2(CO)C(OC(C)=O)C(OC(C)=O)C2(O)C3(C)OCC2(C)C1CC3=O.